The van der Waals surface area contributed by atoms with Gasteiger partial charge in [-0.1, -0.05) is 12.8 Å². The topological polar surface area (TPSA) is 29.3 Å². The summed E-state index contributed by atoms with van der Waals surface area (Å²) in [4.78, 5) is 2.45. The van der Waals surface area contributed by atoms with Gasteiger partial charge in [0, 0.05) is 18.6 Å². The number of fused-ring (bicyclic) bond motifs is 1. The Bertz CT molecular complexity index is 130. The van der Waals surface area contributed by atoms with Gasteiger partial charge in [-0.15, -0.1) is 0 Å². The Kier molecular flexibility index (Phi) is 1.90. The Morgan fingerprint density at radius 3 is 2.73 bits per heavy atom. The molecule has 0 amide bonds. The quantitative estimate of drug-likeness (QED) is 0.559. The highest BCUT2D eigenvalue weighted by molar-refractivity contribution is 4.95. The van der Waals surface area contributed by atoms with Crippen LogP contribution in [0.4, 0.5) is 0 Å². The fourth-order valence-electron chi connectivity index (χ4n) is 2.79. The van der Waals surface area contributed by atoms with Crippen LogP contribution in [0.25, 0.3) is 0 Å². The van der Waals surface area contributed by atoms with E-state index in [1.54, 1.807) is 0 Å². The average molecular weight is 154 g/mol. The van der Waals surface area contributed by atoms with E-state index in [9.17, 15) is 0 Å². The molecule has 2 heteroatoms. The molecular formula is C9H18N2. The first-order valence-electron chi connectivity index (χ1n) is 4.75. The van der Waals surface area contributed by atoms with Gasteiger partial charge < -0.3 is 10.6 Å². The minimum Gasteiger partial charge on any atom is -0.326 e. The molecule has 2 aliphatic rings. The van der Waals surface area contributed by atoms with Crippen LogP contribution < -0.4 is 5.73 Å². The highest BCUT2D eigenvalue weighted by Gasteiger charge is 2.38. The lowest BCUT2D eigenvalue weighted by molar-refractivity contribution is 0.212. The first-order valence-corrected chi connectivity index (χ1v) is 4.75. The molecule has 2 fully saturated rings. The van der Waals surface area contributed by atoms with Crippen LogP contribution in [0.1, 0.15) is 25.7 Å². The van der Waals surface area contributed by atoms with E-state index in [0.717, 1.165) is 18.5 Å². The molecule has 3 unspecified atom stereocenters. The first-order chi connectivity index (χ1) is 5.29. The lowest BCUT2D eigenvalue weighted by atomic mass is 9.83. The van der Waals surface area contributed by atoms with Crippen molar-refractivity contribution in [3.63, 3.8) is 0 Å². The van der Waals surface area contributed by atoms with Crippen LogP contribution in [-0.2, 0) is 0 Å². The van der Waals surface area contributed by atoms with Gasteiger partial charge in [-0.2, -0.15) is 0 Å². The van der Waals surface area contributed by atoms with Gasteiger partial charge in [0.05, 0.1) is 0 Å². The predicted molar refractivity (Wildman–Crippen MR) is 46.4 cm³/mol. The minimum atomic E-state index is 0.463. The zero-order valence-corrected chi connectivity index (χ0v) is 7.29. The molecule has 3 atom stereocenters. The highest BCUT2D eigenvalue weighted by atomic mass is 15.2. The monoisotopic (exact) mass is 154 g/mol. The Morgan fingerprint density at radius 1 is 1.27 bits per heavy atom. The number of nitrogens with zero attached hydrogens (tertiary/aromatic N) is 1. The molecule has 2 rings (SSSR count). The Hall–Kier alpha value is -0.0800. The second-order valence-corrected chi connectivity index (χ2v) is 4.12. The van der Waals surface area contributed by atoms with Gasteiger partial charge in [0.2, 0.25) is 0 Å². The zero-order valence-electron chi connectivity index (χ0n) is 7.29. The maximum Gasteiger partial charge on any atom is 0.0211 e. The van der Waals surface area contributed by atoms with Crippen molar-refractivity contribution in [3.8, 4) is 0 Å². The molecule has 0 aromatic heterocycles. The largest absolute Gasteiger partial charge is 0.326 e. The lowest BCUT2D eigenvalue weighted by Crippen LogP contribution is -2.34. The molecule has 1 heterocycles. The van der Waals surface area contributed by atoms with Crippen LogP contribution >= 0.6 is 0 Å². The van der Waals surface area contributed by atoms with Gasteiger partial charge in [0.15, 0.2) is 0 Å². The predicted octanol–water partition coefficient (Wildman–Crippen LogP) is 0.818. The Morgan fingerprint density at radius 2 is 2.00 bits per heavy atom. The smallest absolute Gasteiger partial charge is 0.0211 e. The number of hydrogen-bond donors (Lipinski definition) is 1. The summed E-state index contributed by atoms with van der Waals surface area (Å²) in [6, 6.07) is 1.28. The van der Waals surface area contributed by atoms with Crippen LogP contribution in [0.5, 0.6) is 0 Å². The SMILES string of the molecule is CN1CC(N)C2CCCCC21. The van der Waals surface area contributed by atoms with Crippen molar-refractivity contribution in [1.29, 1.82) is 0 Å². The van der Waals surface area contributed by atoms with Crippen molar-refractivity contribution in [2.75, 3.05) is 13.6 Å². The molecule has 0 aromatic carbocycles. The molecule has 0 bridgehead atoms. The first kappa shape index (κ1) is 7.56. The molecule has 2 nitrogen and oxygen atoms in total. The number of nitrogens with two attached hydrogens (primary N) is 1. The summed E-state index contributed by atoms with van der Waals surface area (Å²) in [5.74, 6) is 0.814. The maximum atomic E-state index is 6.04. The fraction of sp³-hybridized carbons (Fsp3) is 1.00. The summed E-state index contributed by atoms with van der Waals surface area (Å²) in [5, 5.41) is 0. The maximum absolute atomic E-state index is 6.04. The molecule has 2 N–H and O–H groups in total. The molecule has 0 radical (unpaired) electrons. The lowest BCUT2D eigenvalue weighted by Gasteiger charge is -2.29. The van der Waals surface area contributed by atoms with Crippen LogP contribution in [0.15, 0.2) is 0 Å². The van der Waals surface area contributed by atoms with E-state index in [1.807, 2.05) is 0 Å². The van der Waals surface area contributed by atoms with E-state index in [-0.39, 0.29) is 0 Å². The molecule has 1 saturated carbocycles. The van der Waals surface area contributed by atoms with Gasteiger partial charge >= 0.3 is 0 Å². The summed E-state index contributed by atoms with van der Waals surface area (Å²) >= 11 is 0. The van der Waals surface area contributed by atoms with Gasteiger partial charge in [-0.05, 0) is 25.8 Å². The summed E-state index contributed by atoms with van der Waals surface area (Å²) in [6.07, 6.45) is 5.58. The molecule has 0 aromatic rings. The molecule has 64 valence electrons. The van der Waals surface area contributed by atoms with Crippen LogP contribution in [0.3, 0.4) is 0 Å². The van der Waals surface area contributed by atoms with Crippen molar-refractivity contribution in [3.05, 3.63) is 0 Å². The van der Waals surface area contributed by atoms with Gasteiger partial charge in [0.25, 0.3) is 0 Å². The van der Waals surface area contributed by atoms with Gasteiger partial charge in [-0.25, -0.2) is 0 Å². The van der Waals surface area contributed by atoms with Crippen LogP contribution in [0.2, 0.25) is 0 Å². The van der Waals surface area contributed by atoms with Gasteiger partial charge in [-0.3, -0.25) is 0 Å². The van der Waals surface area contributed by atoms with E-state index in [4.69, 9.17) is 5.73 Å². The Labute approximate surface area is 68.7 Å². The standard InChI is InChI=1S/C9H18N2/c1-11-6-8(10)7-4-2-3-5-9(7)11/h7-9H,2-6,10H2,1H3. The van der Waals surface area contributed by atoms with E-state index in [0.29, 0.717) is 6.04 Å². The molecule has 1 saturated heterocycles. The summed E-state index contributed by atoms with van der Waals surface area (Å²) in [6.45, 7) is 1.12. The van der Waals surface area contributed by atoms with E-state index in [1.165, 1.54) is 25.7 Å². The van der Waals surface area contributed by atoms with E-state index < -0.39 is 0 Å². The molecule has 11 heavy (non-hydrogen) atoms. The van der Waals surface area contributed by atoms with Crippen molar-refractivity contribution in [1.82, 2.24) is 4.90 Å². The van der Waals surface area contributed by atoms with Crippen molar-refractivity contribution >= 4 is 0 Å². The van der Waals surface area contributed by atoms with E-state index in [2.05, 4.69) is 11.9 Å². The summed E-state index contributed by atoms with van der Waals surface area (Å²) in [7, 11) is 2.22. The fourth-order valence-corrected chi connectivity index (χ4v) is 2.79. The zero-order chi connectivity index (χ0) is 7.84. The second kappa shape index (κ2) is 2.76. The number of likely N-dealkylation sites (tertiary alicyclic amines) is 1. The third-order valence-electron chi connectivity index (χ3n) is 3.40. The van der Waals surface area contributed by atoms with Crippen LogP contribution in [-0.4, -0.2) is 30.6 Å². The van der Waals surface area contributed by atoms with Crippen molar-refractivity contribution in [2.45, 2.75) is 37.8 Å². The Balaban J connectivity index is 2.07. The highest BCUT2D eigenvalue weighted by Crippen LogP contribution is 2.34. The second-order valence-electron chi connectivity index (χ2n) is 4.12. The molecule has 0 spiro atoms. The third-order valence-corrected chi connectivity index (χ3v) is 3.40. The average Bonchev–Trinajstić information content (AvgIpc) is 2.30. The third kappa shape index (κ3) is 1.18. The normalized spacial score (nSPS) is 45.8. The number of hydrogen-bond acceptors (Lipinski definition) is 2. The van der Waals surface area contributed by atoms with Gasteiger partial charge in [0.1, 0.15) is 0 Å². The van der Waals surface area contributed by atoms with Crippen LogP contribution in [0, 0.1) is 5.92 Å². The summed E-state index contributed by atoms with van der Waals surface area (Å²) < 4.78 is 0. The van der Waals surface area contributed by atoms with Crippen molar-refractivity contribution < 1.29 is 0 Å². The van der Waals surface area contributed by atoms with E-state index >= 15 is 0 Å². The molecule has 1 aliphatic heterocycles. The van der Waals surface area contributed by atoms with Crippen molar-refractivity contribution in [2.24, 2.45) is 11.7 Å². The molecular weight excluding hydrogens is 136 g/mol. The number of rotatable bonds is 0. The minimum absolute atomic E-state index is 0.463. The number of likely N-dealkylation sites (N-methyl/N-ethyl adjacent to an activating group) is 1. The summed E-state index contributed by atoms with van der Waals surface area (Å²) in [5.41, 5.74) is 6.04. The molecule has 1 aliphatic carbocycles.